The van der Waals surface area contributed by atoms with Crippen LogP contribution >= 0.6 is 0 Å². The smallest absolute Gasteiger partial charge is 0.0104 e. The van der Waals surface area contributed by atoms with Crippen molar-refractivity contribution < 1.29 is 0 Å². The third-order valence-electron chi connectivity index (χ3n) is 3.10. The Kier molecular flexibility index (Phi) is 4.74. The molecule has 0 bridgehead atoms. The molecule has 2 nitrogen and oxygen atoms in total. The maximum absolute atomic E-state index is 3.53. The van der Waals surface area contributed by atoms with E-state index in [1.54, 1.807) is 0 Å². The summed E-state index contributed by atoms with van der Waals surface area (Å²) < 4.78 is 0. The lowest BCUT2D eigenvalue weighted by molar-refractivity contribution is 0.341. The number of likely N-dealkylation sites (N-methyl/N-ethyl adjacent to an activating group) is 1. The van der Waals surface area contributed by atoms with Crippen molar-refractivity contribution in [2.75, 3.05) is 33.2 Å². The van der Waals surface area contributed by atoms with Crippen LogP contribution in [0, 0.1) is 11.8 Å². The monoisotopic (exact) mass is 184 g/mol. The lowest BCUT2D eigenvalue weighted by Crippen LogP contribution is -2.31. The van der Waals surface area contributed by atoms with Gasteiger partial charge < -0.3 is 10.2 Å². The Morgan fingerprint density at radius 1 is 1.46 bits per heavy atom. The number of hydrogen-bond donors (Lipinski definition) is 1. The molecule has 13 heavy (non-hydrogen) atoms. The van der Waals surface area contributed by atoms with Crippen LogP contribution in [0.4, 0.5) is 0 Å². The van der Waals surface area contributed by atoms with E-state index in [9.17, 15) is 0 Å². The number of hydrogen-bond acceptors (Lipinski definition) is 2. The van der Waals surface area contributed by atoms with Gasteiger partial charge in [0, 0.05) is 13.1 Å². The molecule has 1 aliphatic carbocycles. The molecule has 1 saturated carbocycles. The van der Waals surface area contributed by atoms with Crippen LogP contribution in [0.1, 0.15) is 26.7 Å². The Morgan fingerprint density at radius 2 is 2.15 bits per heavy atom. The summed E-state index contributed by atoms with van der Waals surface area (Å²) in [6, 6.07) is 0. The first-order chi connectivity index (χ1) is 6.24. The molecule has 78 valence electrons. The maximum atomic E-state index is 3.53. The molecule has 0 aromatic heterocycles. The summed E-state index contributed by atoms with van der Waals surface area (Å²) in [4.78, 5) is 2.34. The normalized spacial score (nSPS) is 19.4. The van der Waals surface area contributed by atoms with Crippen molar-refractivity contribution in [1.82, 2.24) is 10.2 Å². The topological polar surface area (TPSA) is 15.3 Å². The van der Waals surface area contributed by atoms with Gasteiger partial charge in [0.05, 0.1) is 0 Å². The highest BCUT2D eigenvalue weighted by Gasteiger charge is 2.27. The third kappa shape index (κ3) is 4.63. The first kappa shape index (κ1) is 11.0. The molecule has 0 heterocycles. The molecule has 0 radical (unpaired) electrons. The minimum absolute atomic E-state index is 0.895. The molecule has 0 aromatic carbocycles. The molecule has 0 aliphatic heterocycles. The van der Waals surface area contributed by atoms with E-state index in [-0.39, 0.29) is 0 Å². The zero-order valence-electron chi connectivity index (χ0n) is 9.34. The van der Waals surface area contributed by atoms with E-state index in [1.165, 1.54) is 25.9 Å². The molecule has 2 heteroatoms. The Hall–Kier alpha value is -0.0800. The van der Waals surface area contributed by atoms with E-state index in [1.807, 2.05) is 0 Å². The highest BCUT2D eigenvalue weighted by Crippen LogP contribution is 2.35. The lowest BCUT2D eigenvalue weighted by atomic mass is 10.1. The van der Waals surface area contributed by atoms with Crippen LogP contribution < -0.4 is 5.32 Å². The SMILES string of the molecule is CCN(C)CCNCC(C)C1CC1. The Balaban J connectivity index is 1.88. The molecule has 1 rings (SSSR count). The van der Waals surface area contributed by atoms with Gasteiger partial charge in [-0.05, 0) is 44.8 Å². The third-order valence-corrected chi connectivity index (χ3v) is 3.10. The summed E-state index contributed by atoms with van der Waals surface area (Å²) in [6.45, 7) is 9.25. The Labute approximate surface area is 82.7 Å². The van der Waals surface area contributed by atoms with Crippen molar-refractivity contribution in [2.45, 2.75) is 26.7 Å². The summed E-state index contributed by atoms with van der Waals surface area (Å²) in [5.74, 6) is 1.93. The van der Waals surface area contributed by atoms with Crippen LogP contribution in [0.15, 0.2) is 0 Å². The molecule has 0 saturated heterocycles. The average Bonchev–Trinajstić information content (AvgIpc) is 2.94. The zero-order valence-corrected chi connectivity index (χ0v) is 9.34. The zero-order chi connectivity index (χ0) is 9.68. The van der Waals surface area contributed by atoms with E-state index < -0.39 is 0 Å². The molecular formula is C11H24N2. The van der Waals surface area contributed by atoms with Crippen LogP contribution in [-0.4, -0.2) is 38.1 Å². The predicted molar refractivity (Wildman–Crippen MR) is 57.9 cm³/mol. The van der Waals surface area contributed by atoms with Gasteiger partial charge in [0.15, 0.2) is 0 Å². The second kappa shape index (κ2) is 5.61. The fourth-order valence-corrected chi connectivity index (χ4v) is 1.59. The molecule has 1 N–H and O–H groups in total. The minimum atomic E-state index is 0.895. The van der Waals surface area contributed by atoms with Crippen LogP contribution in [0.25, 0.3) is 0 Å². The highest BCUT2D eigenvalue weighted by atomic mass is 15.1. The molecular weight excluding hydrogens is 160 g/mol. The van der Waals surface area contributed by atoms with Crippen molar-refractivity contribution in [2.24, 2.45) is 11.8 Å². The van der Waals surface area contributed by atoms with Crippen LogP contribution in [0.3, 0.4) is 0 Å². The van der Waals surface area contributed by atoms with Gasteiger partial charge in [0.25, 0.3) is 0 Å². The Morgan fingerprint density at radius 3 is 2.69 bits per heavy atom. The molecule has 1 atom stereocenters. The highest BCUT2D eigenvalue weighted by molar-refractivity contribution is 4.79. The molecule has 1 aliphatic rings. The van der Waals surface area contributed by atoms with Crippen LogP contribution in [0.2, 0.25) is 0 Å². The summed E-state index contributed by atoms with van der Waals surface area (Å²) in [6.07, 6.45) is 2.94. The lowest BCUT2D eigenvalue weighted by Gasteiger charge is -2.16. The van der Waals surface area contributed by atoms with Gasteiger partial charge in [0.2, 0.25) is 0 Å². The second-order valence-corrected chi connectivity index (χ2v) is 4.41. The van der Waals surface area contributed by atoms with Crippen LogP contribution in [-0.2, 0) is 0 Å². The van der Waals surface area contributed by atoms with Crippen molar-refractivity contribution in [1.29, 1.82) is 0 Å². The summed E-state index contributed by atoms with van der Waals surface area (Å²) >= 11 is 0. The van der Waals surface area contributed by atoms with Gasteiger partial charge in [0.1, 0.15) is 0 Å². The van der Waals surface area contributed by atoms with Gasteiger partial charge in [-0.3, -0.25) is 0 Å². The van der Waals surface area contributed by atoms with E-state index >= 15 is 0 Å². The van der Waals surface area contributed by atoms with Gasteiger partial charge in [-0.2, -0.15) is 0 Å². The van der Waals surface area contributed by atoms with E-state index in [0.29, 0.717) is 0 Å². The molecule has 0 aromatic rings. The van der Waals surface area contributed by atoms with Gasteiger partial charge in [-0.15, -0.1) is 0 Å². The van der Waals surface area contributed by atoms with Crippen molar-refractivity contribution >= 4 is 0 Å². The van der Waals surface area contributed by atoms with Crippen molar-refractivity contribution in [3.8, 4) is 0 Å². The van der Waals surface area contributed by atoms with E-state index in [4.69, 9.17) is 0 Å². The fraction of sp³-hybridized carbons (Fsp3) is 1.00. The van der Waals surface area contributed by atoms with Gasteiger partial charge in [-0.1, -0.05) is 13.8 Å². The summed E-state index contributed by atoms with van der Waals surface area (Å²) in [7, 11) is 2.17. The van der Waals surface area contributed by atoms with Gasteiger partial charge in [-0.25, -0.2) is 0 Å². The Bertz CT molecular complexity index is 132. The molecule has 0 amide bonds. The van der Waals surface area contributed by atoms with Gasteiger partial charge >= 0.3 is 0 Å². The van der Waals surface area contributed by atoms with Crippen molar-refractivity contribution in [3.05, 3.63) is 0 Å². The van der Waals surface area contributed by atoms with E-state index in [0.717, 1.165) is 24.9 Å². The summed E-state index contributed by atoms with van der Waals surface area (Å²) in [5, 5.41) is 3.53. The first-order valence-corrected chi connectivity index (χ1v) is 5.63. The standard InChI is InChI=1S/C11H24N2/c1-4-13(3)8-7-12-9-10(2)11-5-6-11/h10-12H,4-9H2,1-3H3. The molecule has 1 fully saturated rings. The fourth-order valence-electron chi connectivity index (χ4n) is 1.59. The predicted octanol–water partition coefficient (Wildman–Crippen LogP) is 1.57. The number of rotatable bonds is 7. The van der Waals surface area contributed by atoms with Crippen molar-refractivity contribution in [3.63, 3.8) is 0 Å². The number of nitrogens with zero attached hydrogens (tertiary/aromatic N) is 1. The maximum Gasteiger partial charge on any atom is 0.0104 e. The second-order valence-electron chi connectivity index (χ2n) is 4.41. The molecule has 1 unspecified atom stereocenters. The first-order valence-electron chi connectivity index (χ1n) is 5.63. The number of nitrogens with one attached hydrogen (secondary N) is 1. The minimum Gasteiger partial charge on any atom is -0.315 e. The molecule has 0 spiro atoms. The quantitative estimate of drug-likeness (QED) is 0.604. The average molecular weight is 184 g/mol. The van der Waals surface area contributed by atoms with Crippen LogP contribution in [0.5, 0.6) is 0 Å². The summed E-state index contributed by atoms with van der Waals surface area (Å²) in [5.41, 5.74) is 0. The largest absolute Gasteiger partial charge is 0.315 e. The van der Waals surface area contributed by atoms with E-state index in [2.05, 4.69) is 31.1 Å².